The van der Waals surface area contributed by atoms with Crippen molar-refractivity contribution in [2.75, 3.05) is 5.32 Å². The van der Waals surface area contributed by atoms with Crippen LogP contribution in [0.2, 0.25) is 5.02 Å². The number of nitrogens with one attached hydrogen (secondary N) is 1. The minimum Gasteiger partial charge on any atom is -0.361 e. The Morgan fingerprint density at radius 1 is 1.00 bits per heavy atom. The van der Waals surface area contributed by atoms with Crippen LogP contribution in [0.25, 0.3) is 27.4 Å². The summed E-state index contributed by atoms with van der Waals surface area (Å²) in [5.74, 6) is 0.195. The molecule has 0 saturated carbocycles. The number of halogens is 2. The number of aromatic nitrogens is 3. The molecule has 5 rings (SSSR count). The molecule has 0 unspecified atom stereocenters. The maximum absolute atomic E-state index is 13.6. The number of hydrogen-bond donors (Lipinski definition) is 1. The number of anilines is 1. The third-order valence-electron chi connectivity index (χ3n) is 5.43. The standard InChI is InChI=1S/C25H18ClFN4O/c1-15(30-24-19-11-10-17(27)13-21(19)28-14-29-24)22-12-16-6-5-9-20(26)23(16)25(32)31(22)18-7-3-2-4-8-18/h2-15H,1H3,(H,28,29,30)/t15-/m1/s1. The first-order valence-electron chi connectivity index (χ1n) is 10.1. The van der Waals surface area contributed by atoms with E-state index in [0.29, 0.717) is 27.1 Å². The van der Waals surface area contributed by atoms with Crippen molar-refractivity contribution in [1.82, 2.24) is 14.5 Å². The molecule has 158 valence electrons. The number of nitrogens with zero attached hydrogens (tertiary/aromatic N) is 3. The van der Waals surface area contributed by atoms with Crippen LogP contribution in [0.1, 0.15) is 18.7 Å². The van der Waals surface area contributed by atoms with Gasteiger partial charge in [-0.3, -0.25) is 9.36 Å². The molecule has 0 bridgehead atoms. The largest absolute Gasteiger partial charge is 0.361 e. The molecule has 2 aromatic heterocycles. The van der Waals surface area contributed by atoms with Crippen molar-refractivity contribution >= 4 is 39.1 Å². The lowest BCUT2D eigenvalue weighted by molar-refractivity contribution is 0.629. The van der Waals surface area contributed by atoms with E-state index < -0.39 is 0 Å². The molecule has 0 amide bonds. The molecule has 0 spiro atoms. The van der Waals surface area contributed by atoms with Gasteiger partial charge < -0.3 is 5.32 Å². The van der Waals surface area contributed by atoms with Crippen molar-refractivity contribution in [3.63, 3.8) is 0 Å². The number of benzene rings is 3. The predicted octanol–water partition coefficient (Wildman–Crippen LogP) is 5.90. The lowest BCUT2D eigenvalue weighted by atomic mass is 10.1. The van der Waals surface area contributed by atoms with Gasteiger partial charge >= 0.3 is 0 Å². The highest BCUT2D eigenvalue weighted by Gasteiger charge is 2.19. The normalized spacial score (nSPS) is 12.2. The second kappa shape index (κ2) is 8.05. The van der Waals surface area contributed by atoms with Crippen LogP contribution in [-0.2, 0) is 0 Å². The third kappa shape index (κ3) is 3.48. The van der Waals surface area contributed by atoms with Crippen molar-refractivity contribution < 1.29 is 4.39 Å². The predicted molar refractivity (Wildman–Crippen MR) is 126 cm³/mol. The van der Waals surface area contributed by atoms with Crippen LogP contribution < -0.4 is 10.9 Å². The fraction of sp³-hybridized carbons (Fsp3) is 0.0800. The fourth-order valence-corrected chi connectivity index (χ4v) is 4.19. The van der Waals surface area contributed by atoms with Gasteiger partial charge in [0.15, 0.2) is 0 Å². The van der Waals surface area contributed by atoms with Gasteiger partial charge in [-0.2, -0.15) is 0 Å². The summed E-state index contributed by atoms with van der Waals surface area (Å²) in [7, 11) is 0. The van der Waals surface area contributed by atoms with E-state index in [9.17, 15) is 9.18 Å². The van der Waals surface area contributed by atoms with Crippen LogP contribution in [0.3, 0.4) is 0 Å². The SMILES string of the molecule is C[C@@H](Nc1ncnc2cc(F)ccc12)c1cc2cccc(Cl)c2c(=O)n1-c1ccccc1. The molecule has 0 radical (unpaired) electrons. The van der Waals surface area contributed by atoms with Gasteiger partial charge in [-0.1, -0.05) is 41.9 Å². The molecule has 0 aliphatic carbocycles. The summed E-state index contributed by atoms with van der Waals surface area (Å²) in [5, 5.41) is 5.70. The van der Waals surface area contributed by atoms with Crippen LogP contribution in [0.5, 0.6) is 0 Å². The number of para-hydroxylation sites is 1. The minimum atomic E-state index is -0.362. The van der Waals surface area contributed by atoms with E-state index in [0.717, 1.165) is 16.8 Å². The molecule has 0 aliphatic rings. The zero-order valence-corrected chi connectivity index (χ0v) is 17.8. The highest BCUT2D eigenvalue weighted by atomic mass is 35.5. The number of pyridine rings is 1. The van der Waals surface area contributed by atoms with Gasteiger partial charge in [-0.15, -0.1) is 0 Å². The second-order valence-corrected chi connectivity index (χ2v) is 7.91. The Bertz CT molecular complexity index is 1520. The van der Waals surface area contributed by atoms with Crippen LogP contribution >= 0.6 is 11.6 Å². The molecule has 2 heterocycles. The molecule has 0 aliphatic heterocycles. The Morgan fingerprint density at radius 2 is 1.81 bits per heavy atom. The average molecular weight is 445 g/mol. The Balaban J connectivity index is 1.69. The average Bonchev–Trinajstić information content (AvgIpc) is 2.79. The molecule has 1 N–H and O–H groups in total. The first kappa shape index (κ1) is 20.2. The first-order valence-corrected chi connectivity index (χ1v) is 10.5. The van der Waals surface area contributed by atoms with Crippen molar-refractivity contribution in [3.05, 3.63) is 106 Å². The smallest absolute Gasteiger partial charge is 0.264 e. The summed E-state index contributed by atoms with van der Waals surface area (Å²) in [5.41, 5.74) is 1.78. The summed E-state index contributed by atoms with van der Waals surface area (Å²) >= 11 is 6.39. The maximum atomic E-state index is 13.6. The zero-order chi connectivity index (χ0) is 22.2. The van der Waals surface area contributed by atoms with E-state index in [1.807, 2.05) is 55.5 Å². The van der Waals surface area contributed by atoms with Crippen molar-refractivity contribution in [1.29, 1.82) is 0 Å². The van der Waals surface area contributed by atoms with Crippen molar-refractivity contribution in [2.45, 2.75) is 13.0 Å². The summed E-state index contributed by atoms with van der Waals surface area (Å²) in [4.78, 5) is 22.1. The van der Waals surface area contributed by atoms with Crippen LogP contribution in [0.4, 0.5) is 10.2 Å². The quantitative estimate of drug-likeness (QED) is 0.375. The van der Waals surface area contributed by atoms with E-state index in [2.05, 4.69) is 15.3 Å². The maximum Gasteiger partial charge on any atom is 0.264 e. The monoisotopic (exact) mass is 444 g/mol. The van der Waals surface area contributed by atoms with E-state index in [4.69, 9.17) is 11.6 Å². The van der Waals surface area contributed by atoms with Gasteiger partial charge in [0.25, 0.3) is 5.56 Å². The minimum absolute atomic E-state index is 0.197. The zero-order valence-electron chi connectivity index (χ0n) is 17.1. The Hall–Kier alpha value is -3.77. The molecule has 3 aromatic carbocycles. The number of rotatable bonds is 4. The van der Waals surface area contributed by atoms with Gasteiger partial charge in [0, 0.05) is 22.8 Å². The van der Waals surface area contributed by atoms with Gasteiger partial charge in [0.1, 0.15) is 18.0 Å². The van der Waals surface area contributed by atoms with Gasteiger partial charge in [-0.25, -0.2) is 14.4 Å². The van der Waals surface area contributed by atoms with Crippen LogP contribution in [0.15, 0.2) is 83.9 Å². The summed E-state index contributed by atoms with van der Waals surface area (Å²) in [6.45, 7) is 1.95. The third-order valence-corrected chi connectivity index (χ3v) is 5.75. The molecular weight excluding hydrogens is 427 g/mol. The topological polar surface area (TPSA) is 59.8 Å². The molecular formula is C25H18ClFN4O. The lowest BCUT2D eigenvalue weighted by Crippen LogP contribution is -2.25. The van der Waals surface area contributed by atoms with Crippen LogP contribution in [-0.4, -0.2) is 14.5 Å². The van der Waals surface area contributed by atoms with Crippen LogP contribution in [0, 0.1) is 5.82 Å². The molecule has 7 heteroatoms. The van der Waals surface area contributed by atoms with Gasteiger partial charge in [0.05, 0.1) is 22.0 Å². The Morgan fingerprint density at radius 3 is 2.62 bits per heavy atom. The molecule has 32 heavy (non-hydrogen) atoms. The summed E-state index contributed by atoms with van der Waals surface area (Å²) < 4.78 is 15.3. The summed E-state index contributed by atoms with van der Waals surface area (Å²) in [6, 6.07) is 20.9. The van der Waals surface area contributed by atoms with E-state index in [-0.39, 0.29) is 17.4 Å². The molecule has 5 aromatic rings. The highest BCUT2D eigenvalue weighted by Crippen LogP contribution is 2.28. The Kier molecular flexibility index (Phi) is 5.07. The molecule has 5 nitrogen and oxygen atoms in total. The summed E-state index contributed by atoms with van der Waals surface area (Å²) in [6.07, 6.45) is 1.39. The second-order valence-electron chi connectivity index (χ2n) is 7.50. The molecule has 0 saturated heterocycles. The van der Waals surface area contributed by atoms with E-state index in [1.54, 1.807) is 16.7 Å². The molecule has 0 fully saturated rings. The highest BCUT2D eigenvalue weighted by molar-refractivity contribution is 6.35. The Labute approximate surface area is 188 Å². The van der Waals surface area contributed by atoms with Crippen molar-refractivity contribution in [2.24, 2.45) is 0 Å². The first-order chi connectivity index (χ1) is 15.5. The van der Waals surface area contributed by atoms with Gasteiger partial charge in [0.2, 0.25) is 0 Å². The van der Waals surface area contributed by atoms with Gasteiger partial charge in [-0.05, 0) is 48.7 Å². The lowest BCUT2D eigenvalue weighted by Gasteiger charge is -2.22. The van der Waals surface area contributed by atoms with Crippen molar-refractivity contribution in [3.8, 4) is 5.69 Å². The fourth-order valence-electron chi connectivity index (χ4n) is 3.93. The number of hydrogen-bond acceptors (Lipinski definition) is 4. The van der Waals surface area contributed by atoms with E-state index >= 15 is 0 Å². The van der Waals surface area contributed by atoms with E-state index in [1.165, 1.54) is 18.5 Å². The molecule has 1 atom stereocenters. The number of fused-ring (bicyclic) bond motifs is 2.